The van der Waals surface area contributed by atoms with E-state index in [1.165, 1.54) is 0 Å². The van der Waals surface area contributed by atoms with Crippen LogP contribution in [0.25, 0.3) is 0 Å². The zero-order valence-corrected chi connectivity index (χ0v) is 18.4. The molecule has 0 bridgehead atoms. The topological polar surface area (TPSA) is 76.9 Å². The van der Waals surface area contributed by atoms with Crippen LogP contribution in [0.4, 0.5) is 0 Å². The number of carbonyl (C=O) groups excluding carboxylic acids is 2. The standard InChI is InChI=1S/C25H28N4O3/c1-32-22-10-8-20(9-11-22)23(17-26)27-13-15-28(16-14-27)25(31)21-6-4-19(5-7-21)18-29-12-2-3-24(29)30/h4-11,23H,2-3,12-16,18H2,1H3. The van der Waals surface area contributed by atoms with Crippen LogP contribution in [0.3, 0.4) is 0 Å². The second-order valence-corrected chi connectivity index (χ2v) is 8.25. The Bertz CT molecular complexity index is 989. The maximum atomic E-state index is 13.0. The summed E-state index contributed by atoms with van der Waals surface area (Å²) < 4.78 is 5.20. The number of piperazine rings is 1. The van der Waals surface area contributed by atoms with Gasteiger partial charge >= 0.3 is 0 Å². The Kier molecular flexibility index (Phi) is 6.72. The zero-order valence-electron chi connectivity index (χ0n) is 18.4. The van der Waals surface area contributed by atoms with Gasteiger partial charge in [-0.3, -0.25) is 14.5 Å². The van der Waals surface area contributed by atoms with E-state index in [1.807, 2.05) is 58.3 Å². The monoisotopic (exact) mass is 432 g/mol. The summed E-state index contributed by atoms with van der Waals surface area (Å²) in [6.07, 6.45) is 1.56. The minimum Gasteiger partial charge on any atom is -0.497 e. The Balaban J connectivity index is 1.33. The highest BCUT2D eigenvalue weighted by Crippen LogP contribution is 2.24. The van der Waals surface area contributed by atoms with Crippen molar-refractivity contribution in [3.63, 3.8) is 0 Å². The smallest absolute Gasteiger partial charge is 0.253 e. The van der Waals surface area contributed by atoms with Gasteiger partial charge in [-0.15, -0.1) is 0 Å². The van der Waals surface area contributed by atoms with E-state index in [2.05, 4.69) is 11.0 Å². The summed E-state index contributed by atoms with van der Waals surface area (Å²) in [5.74, 6) is 0.971. The molecule has 0 aromatic heterocycles. The first-order chi connectivity index (χ1) is 15.6. The average molecular weight is 433 g/mol. The van der Waals surface area contributed by atoms with Gasteiger partial charge in [-0.2, -0.15) is 5.26 Å². The molecule has 2 aromatic rings. The summed E-state index contributed by atoms with van der Waals surface area (Å²) in [5.41, 5.74) is 2.63. The van der Waals surface area contributed by atoms with Crippen LogP contribution in [0.2, 0.25) is 0 Å². The van der Waals surface area contributed by atoms with E-state index in [-0.39, 0.29) is 17.9 Å². The number of hydrogen-bond acceptors (Lipinski definition) is 5. The quantitative estimate of drug-likeness (QED) is 0.702. The number of carbonyl (C=O) groups is 2. The van der Waals surface area contributed by atoms with Gasteiger partial charge in [0.05, 0.1) is 13.2 Å². The molecule has 0 radical (unpaired) electrons. The molecule has 2 aliphatic rings. The first kappa shape index (κ1) is 21.8. The van der Waals surface area contributed by atoms with Crippen molar-refractivity contribution in [2.75, 3.05) is 39.8 Å². The van der Waals surface area contributed by atoms with E-state index >= 15 is 0 Å². The third kappa shape index (κ3) is 4.76. The van der Waals surface area contributed by atoms with Gasteiger partial charge in [0.2, 0.25) is 5.91 Å². The Hall–Kier alpha value is -3.37. The van der Waals surface area contributed by atoms with E-state index in [9.17, 15) is 14.9 Å². The second-order valence-electron chi connectivity index (χ2n) is 8.25. The fourth-order valence-electron chi connectivity index (χ4n) is 4.36. The third-order valence-corrected chi connectivity index (χ3v) is 6.27. The molecular formula is C25H28N4O3. The minimum atomic E-state index is -0.342. The van der Waals surface area contributed by atoms with Crippen molar-refractivity contribution >= 4 is 11.8 Å². The molecule has 166 valence electrons. The second kappa shape index (κ2) is 9.84. The predicted octanol–water partition coefficient (Wildman–Crippen LogP) is 2.84. The van der Waals surface area contributed by atoms with Crippen LogP contribution in [0.5, 0.6) is 5.75 Å². The molecule has 4 rings (SSSR count). The van der Waals surface area contributed by atoms with Gasteiger partial charge < -0.3 is 14.5 Å². The van der Waals surface area contributed by atoms with E-state index in [1.54, 1.807) is 7.11 Å². The number of likely N-dealkylation sites (tertiary alicyclic amines) is 1. The lowest BCUT2D eigenvalue weighted by Gasteiger charge is -2.37. The van der Waals surface area contributed by atoms with Gasteiger partial charge in [0.15, 0.2) is 0 Å². The molecule has 2 saturated heterocycles. The van der Waals surface area contributed by atoms with Gasteiger partial charge in [-0.1, -0.05) is 24.3 Å². The summed E-state index contributed by atoms with van der Waals surface area (Å²) >= 11 is 0. The minimum absolute atomic E-state index is 0.00593. The molecule has 32 heavy (non-hydrogen) atoms. The largest absolute Gasteiger partial charge is 0.497 e. The molecule has 0 N–H and O–H groups in total. The lowest BCUT2D eigenvalue weighted by molar-refractivity contribution is -0.128. The van der Waals surface area contributed by atoms with Crippen molar-refractivity contribution in [3.8, 4) is 11.8 Å². The summed E-state index contributed by atoms with van der Waals surface area (Å²) in [6.45, 7) is 3.86. The average Bonchev–Trinajstić information content (AvgIpc) is 3.24. The zero-order chi connectivity index (χ0) is 22.5. The van der Waals surface area contributed by atoms with E-state index in [4.69, 9.17) is 4.74 Å². The van der Waals surface area contributed by atoms with E-state index in [0.717, 1.165) is 29.8 Å². The highest BCUT2D eigenvalue weighted by atomic mass is 16.5. The fourth-order valence-corrected chi connectivity index (χ4v) is 4.36. The lowest BCUT2D eigenvalue weighted by Crippen LogP contribution is -2.49. The van der Waals surface area contributed by atoms with E-state index < -0.39 is 0 Å². The molecule has 7 nitrogen and oxygen atoms in total. The van der Waals surface area contributed by atoms with Crippen molar-refractivity contribution < 1.29 is 14.3 Å². The Morgan fingerprint density at radius 3 is 2.28 bits per heavy atom. The fraction of sp³-hybridized carbons (Fsp3) is 0.400. The van der Waals surface area contributed by atoms with Crippen LogP contribution < -0.4 is 4.74 Å². The van der Waals surface area contributed by atoms with Crippen LogP contribution in [-0.4, -0.2) is 66.3 Å². The van der Waals surface area contributed by atoms with Gasteiger partial charge in [0.1, 0.15) is 11.8 Å². The van der Waals surface area contributed by atoms with Crippen molar-refractivity contribution in [2.45, 2.75) is 25.4 Å². The first-order valence-electron chi connectivity index (χ1n) is 11.0. The molecule has 2 amide bonds. The molecule has 1 unspecified atom stereocenters. The molecular weight excluding hydrogens is 404 g/mol. The Morgan fingerprint density at radius 2 is 1.72 bits per heavy atom. The summed E-state index contributed by atoms with van der Waals surface area (Å²) in [4.78, 5) is 30.6. The molecule has 1 atom stereocenters. The van der Waals surface area contributed by atoms with Gasteiger partial charge in [0, 0.05) is 51.3 Å². The molecule has 7 heteroatoms. The van der Waals surface area contributed by atoms with Crippen LogP contribution >= 0.6 is 0 Å². The van der Waals surface area contributed by atoms with Crippen molar-refractivity contribution in [2.24, 2.45) is 0 Å². The number of hydrogen-bond donors (Lipinski definition) is 0. The highest BCUT2D eigenvalue weighted by Gasteiger charge is 2.27. The number of ether oxygens (including phenoxy) is 1. The first-order valence-corrected chi connectivity index (χ1v) is 11.0. The van der Waals surface area contributed by atoms with Gasteiger partial charge in [-0.25, -0.2) is 0 Å². The van der Waals surface area contributed by atoms with Gasteiger partial charge in [-0.05, 0) is 41.8 Å². The summed E-state index contributed by atoms with van der Waals surface area (Å²) in [6, 6.07) is 17.2. The summed E-state index contributed by atoms with van der Waals surface area (Å²) in [5, 5.41) is 9.73. The molecule has 2 aromatic carbocycles. The van der Waals surface area contributed by atoms with Crippen LogP contribution in [0.1, 0.15) is 40.4 Å². The number of nitrogens with zero attached hydrogens (tertiary/aromatic N) is 4. The normalized spacial score (nSPS) is 17.8. The molecule has 0 saturated carbocycles. The van der Waals surface area contributed by atoms with Crippen LogP contribution in [0, 0.1) is 11.3 Å². The van der Waals surface area contributed by atoms with Crippen molar-refractivity contribution in [1.29, 1.82) is 5.26 Å². The number of amides is 2. The van der Waals surface area contributed by atoms with Gasteiger partial charge in [0.25, 0.3) is 5.91 Å². The Labute approximate surface area is 188 Å². The van der Waals surface area contributed by atoms with E-state index in [0.29, 0.717) is 44.7 Å². The molecule has 2 heterocycles. The van der Waals surface area contributed by atoms with Crippen molar-refractivity contribution in [3.05, 3.63) is 65.2 Å². The number of nitriles is 1. The molecule has 0 spiro atoms. The maximum absolute atomic E-state index is 13.0. The molecule has 2 aliphatic heterocycles. The number of methoxy groups -OCH3 is 1. The molecule has 0 aliphatic carbocycles. The highest BCUT2D eigenvalue weighted by molar-refractivity contribution is 5.94. The SMILES string of the molecule is COc1ccc(C(C#N)N2CCN(C(=O)c3ccc(CN4CCCC4=O)cc3)CC2)cc1. The predicted molar refractivity (Wildman–Crippen MR) is 120 cm³/mol. The number of benzene rings is 2. The maximum Gasteiger partial charge on any atom is 0.253 e. The van der Waals surface area contributed by atoms with Crippen LogP contribution in [0.15, 0.2) is 48.5 Å². The lowest BCUT2D eigenvalue weighted by atomic mass is 10.0. The molecule has 2 fully saturated rings. The Morgan fingerprint density at radius 1 is 1.03 bits per heavy atom. The third-order valence-electron chi connectivity index (χ3n) is 6.27. The summed E-state index contributed by atoms with van der Waals surface area (Å²) in [7, 11) is 1.62. The number of rotatable bonds is 6. The van der Waals surface area contributed by atoms with Crippen molar-refractivity contribution in [1.82, 2.24) is 14.7 Å². The van der Waals surface area contributed by atoms with Crippen LogP contribution in [-0.2, 0) is 11.3 Å².